The summed E-state index contributed by atoms with van der Waals surface area (Å²) in [6, 6.07) is 18.2. The van der Waals surface area contributed by atoms with Gasteiger partial charge >= 0.3 is 0 Å². The maximum atomic E-state index is 15.4. The van der Waals surface area contributed by atoms with Crippen molar-refractivity contribution in [1.82, 2.24) is 0 Å². The van der Waals surface area contributed by atoms with Crippen LogP contribution in [0.25, 0.3) is 22.3 Å². The fourth-order valence-corrected chi connectivity index (χ4v) is 5.85. The average Bonchev–Trinajstić information content (AvgIpc) is 2.85. The first kappa shape index (κ1) is 23.6. The predicted molar refractivity (Wildman–Crippen MR) is 131 cm³/mol. The minimum absolute atomic E-state index is 0.0167. The van der Waals surface area contributed by atoms with Crippen molar-refractivity contribution >= 4 is 0 Å². The summed E-state index contributed by atoms with van der Waals surface area (Å²) in [5, 5.41) is 0. The van der Waals surface area contributed by atoms with Gasteiger partial charge in [-0.1, -0.05) is 101 Å². The Hall–Kier alpha value is -2.55. The molecule has 1 fully saturated rings. The number of rotatable bonds is 7. The zero-order chi connectivity index (χ0) is 23.4. The summed E-state index contributed by atoms with van der Waals surface area (Å²) in [4.78, 5) is 0. The molecule has 4 rings (SSSR count). The highest BCUT2D eigenvalue weighted by molar-refractivity contribution is 5.71. The van der Waals surface area contributed by atoms with Gasteiger partial charge in [0, 0.05) is 11.1 Å². The second-order valence-electron chi connectivity index (χ2n) is 9.40. The summed E-state index contributed by atoms with van der Waals surface area (Å²) in [7, 11) is 0. The molecule has 33 heavy (non-hydrogen) atoms. The molecule has 0 radical (unpaired) electrons. The highest BCUT2D eigenvalue weighted by Crippen LogP contribution is 2.46. The predicted octanol–water partition coefficient (Wildman–Crippen LogP) is 9.54. The van der Waals surface area contributed by atoms with E-state index in [2.05, 4.69) is 6.92 Å². The van der Waals surface area contributed by atoms with Crippen molar-refractivity contribution in [3.8, 4) is 22.3 Å². The Balaban J connectivity index is 1.68. The van der Waals surface area contributed by atoms with E-state index in [1.165, 1.54) is 12.5 Å². The molecule has 0 aliphatic heterocycles. The molecule has 1 aliphatic rings. The van der Waals surface area contributed by atoms with Gasteiger partial charge < -0.3 is 0 Å². The summed E-state index contributed by atoms with van der Waals surface area (Å²) < 4.78 is 46.2. The van der Waals surface area contributed by atoms with Crippen LogP contribution in [0.1, 0.15) is 70.3 Å². The van der Waals surface area contributed by atoms with E-state index in [0.717, 1.165) is 43.2 Å². The molecule has 0 saturated heterocycles. The van der Waals surface area contributed by atoms with Gasteiger partial charge in [-0.15, -0.1) is 0 Å². The van der Waals surface area contributed by atoms with E-state index in [1.807, 2.05) is 49.4 Å². The Morgan fingerprint density at radius 3 is 2.09 bits per heavy atom. The van der Waals surface area contributed by atoms with Crippen LogP contribution in [0.15, 0.2) is 60.7 Å². The summed E-state index contributed by atoms with van der Waals surface area (Å²) in [6.45, 7) is 4.13. The second-order valence-corrected chi connectivity index (χ2v) is 9.40. The van der Waals surface area contributed by atoms with Crippen LogP contribution in [-0.2, 0) is 0 Å². The van der Waals surface area contributed by atoms with Crippen molar-refractivity contribution in [3.63, 3.8) is 0 Å². The van der Waals surface area contributed by atoms with Crippen LogP contribution in [-0.4, -0.2) is 0 Å². The molecule has 0 heterocycles. The topological polar surface area (TPSA) is 0 Å². The molecule has 1 saturated carbocycles. The molecule has 3 unspecified atom stereocenters. The molecule has 0 aromatic heterocycles. The summed E-state index contributed by atoms with van der Waals surface area (Å²) in [6.07, 6.45) is 7.07. The molecule has 0 nitrogen and oxygen atoms in total. The first-order chi connectivity index (χ1) is 16.0. The molecular weight excluding hydrogens is 417 g/mol. The van der Waals surface area contributed by atoms with Crippen LogP contribution in [0.4, 0.5) is 13.2 Å². The fraction of sp³-hybridized carbons (Fsp3) is 0.400. The fourth-order valence-electron chi connectivity index (χ4n) is 5.85. The van der Waals surface area contributed by atoms with Crippen LogP contribution >= 0.6 is 0 Å². The smallest absolute Gasteiger partial charge is 0.167 e. The maximum Gasteiger partial charge on any atom is 0.167 e. The van der Waals surface area contributed by atoms with E-state index >= 15 is 13.2 Å². The molecule has 0 spiro atoms. The van der Waals surface area contributed by atoms with Crippen molar-refractivity contribution in [3.05, 3.63) is 83.7 Å². The van der Waals surface area contributed by atoms with Crippen molar-refractivity contribution in [2.75, 3.05) is 0 Å². The molecule has 174 valence electrons. The highest BCUT2D eigenvalue weighted by atomic mass is 19.2. The average molecular weight is 451 g/mol. The van der Waals surface area contributed by atoms with Crippen molar-refractivity contribution in [1.29, 1.82) is 0 Å². The molecule has 0 bridgehead atoms. The minimum Gasteiger partial charge on any atom is -0.207 e. The molecule has 1 aliphatic carbocycles. The minimum atomic E-state index is -1.01. The first-order valence-electron chi connectivity index (χ1n) is 12.4. The second kappa shape index (κ2) is 10.6. The van der Waals surface area contributed by atoms with E-state index in [9.17, 15) is 0 Å². The highest BCUT2D eigenvalue weighted by Gasteiger charge is 2.35. The van der Waals surface area contributed by atoms with Crippen LogP contribution in [0.2, 0.25) is 0 Å². The van der Waals surface area contributed by atoms with E-state index in [1.54, 1.807) is 12.1 Å². The Morgan fingerprint density at radius 2 is 1.42 bits per heavy atom. The molecule has 0 amide bonds. The summed E-state index contributed by atoms with van der Waals surface area (Å²) in [5.41, 5.74) is 2.43. The lowest BCUT2D eigenvalue weighted by molar-refractivity contribution is 0.180. The zero-order valence-corrected chi connectivity index (χ0v) is 19.6. The van der Waals surface area contributed by atoms with E-state index in [4.69, 9.17) is 0 Å². The third-order valence-electron chi connectivity index (χ3n) is 7.45. The molecule has 3 atom stereocenters. The molecule has 0 N–H and O–H groups in total. The standard InChI is InChI=1S/C30H33F3/c1-3-10-22-13-8-9-14-25(22)24(4-2)28-27(31)19-26(29(32)30(28)33)23-17-15-21(16-18-23)20-11-6-5-7-12-20/h5-7,11-12,15-19,22,24-25H,3-4,8-10,13-14H2,1-2H3. The van der Waals surface area contributed by atoms with Gasteiger partial charge in [0.05, 0.1) is 0 Å². The van der Waals surface area contributed by atoms with Crippen LogP contribution < -0.4 is 0 Å². The van der Waals surface area contributed by atoms with Crippen molar-refractivity contribution in [2.24, 2.45) is 11.8 Å². The number of halogens is 3. The van der Waals surface area contributed by atoms with Crippen LogP contribution in [0.3, 0.4) is 0 Å². The summed E-state index contributed by atoms with van der Waals surface area (Å²) >= 11 is 0. The Labute approximate surface area is 195 Å². The first-order valence-corrected chi connectivity index (χ1v) is 12.4. The SMILES string of the molecule is CCCC1CCCCC1C(CC)c1c(F)cc(-c2ccc(-c3ccccc3)cc2)c(F)c1F. The normalized spacial score (nSPS) is 19.4. The Kier molecular flexibility index (Phi) is 7.57. The number of benzene rings is 3. The van der Waals surface area contributed by atoms with E-state index in [-0.39, 0.29) is 23.0 Å². The lowest BCUT2D eigenvalue weighted by atomic mass is 9.68. The number of hydrogen-bond acceptors (Lipinski definition) is 0. The lowest BCUT2D eigenvalue weighted by Crippen LogP contribution is -2.27. The third-order valence-corrected chi connectivity index (χ3v) is 7.45. The Morgan fingerprint density at radius 1 is 0.788 bits per heavy atom. The van der Waals surface area contributed by atoms with Gasteiger partial charge in [-0.25, -0.2) is 13.2 Å². The summed E-state index contributed by atoms with van der Waals surface area (Å²) in [5.74, 6) is -2.19. The van der Waals surface area contributed by atoms with Crippen molar-refractivity contribution in [2.45, 2.75) is 64.7 Å². The van der Waals surface area contributed by atoms with Crippen molar-refractivity contribution < 1.29 is 13.2 Å². The molecule has 3 aromatic rings. The van der Waals surface area contributed by atoms with Gasteiger partial charge in [-0.3, -0.25) is 0 Å². The molecular formula is C30H33F3. The third kappa shape index (κ3) is 4.88. The van der Waals surface area contributed by atoms with Crippen LogP contribution in [0, 0.1) is 29.3 Å². The monoisotopic (exact) mass is 450 g/mol. The molecule has 3 aromatic carbocycles. The largest absolute Gasteiger partial charge is 0.207 e. The van der Waals surface area contributed by atoms with Gasteiger partial charge in [0.2, 0.25) is 0 Å². The van der Waals surface area contributed by atoms with E-state index in [0.29, 0.717) is 17.9 Å². The maximum absolute atomic E-state index is 15.4. The van der Waals surface area contributed by atoms with Crippen LogP contribution in [0.5, 0.6) is 0 Å². The van der Waals surface area contributed by atoms with E-state index < -0.39 is 17.5 Å². The van der Waals surface area contributed by atoms with Gasteiger partial charge in [-0.05, 0) is 53.4 Å². The lowest BCUT2D eigenvalue weighted by Gasteiger charge is -2.37. The van der Waals surface area contributed by atoms with Gasteiger partial charge in [0.15, 0.2) is 11.6 Å². The van der Waals surface area contributed by atoms with Gasteiger partial charge in [0.1, 0.15) is 5.82 Å². The number of hydrogen-bond donors (Lipinski definition) is 0. The van der Waals surface area contributed by atoms with Gasteiger partial charge in [-0.2, -0.15) is 0 Å². The Bertz CT molecular complexity index is 1050. The van der Waals surface area contributed by atoms with Gasteiger partial charge in [0.25, 0.3) is 0 Å². The quantitative estimate of drug-likeness (QED) is 0.314. The zero-order valence-electron chi connectivity index (χ0n) is 19.6. The molecule has 3 heteroatoms.